The number of imidazole rings is 1. The van der Waals surface area contributed by atoms with Gasteiger partial charge in [0.1, 0.15) is 5.69 Å². The van der Waals surface area contributed by atoms with Gasteiger partial charge in [-0.3, -0.25) is 10.1 Å². The van der Waals surface area contributed by atoms with Gasteiger partial charge in [0.25, 0.3) is 5.69 Å². The summed E-state index contributed by atoms with van der Waals surface area (Å²) in [5.74, 6) is 0.762. The van der Waals surface area contributed by atoms with Gasteiger partial charge in [-0.05, 0) is 0 Å². The zero-order chi connectivity index (χ0) is 15.2. The molecular formula is C13H16N4O4. The van der Waals surface area contributed by atoms with Crippen molar-refractivity contribution < 1.29 is 14.4 Å². The SMILES string of the molecule is COc1cc(NCCn2ccnc2)c([N+](=O)[O-])cc1OC. The number of rotatable bonds is 7. The molecule has 21 heavy (non-hydrogen) atoms. The van der Waals surface area contributed by atoms with E-state index in [1.54, 1.807) is 18.6 Å². The minimum atomic E-state index is -0.457. The largest absolute Gasteiger partial charge is 0.493 e. The Morgan fingerprint density at radius 3 is 2.62 bits per heavy atom. The summed E-state index contributed by atoms with van der Waals surface area (Å²) in [4.78, 5) is 14.6. The summed E-state index contributed by atoms with van der Waals surface area (Å²) in [7, 11) is 2.92. The van der Waals surface area contributed by atoms with Crippen LogP contribution in [-0.2, 0) is 6.54 Å². The molecule has 8 heteroatoms. The molecule has 8 nitrogen and oxygen atoms in total. The summed E-state index contributed by atoms with van der Waals surface area (Å²) in [5, 5.41) is 14.2. The van der Waals surface area contributed by atoms with Crippen molar-refractivity contribution in [1.82, 2.24) is 9.55 Å². The van der Waals surface area contributed by atoms with Gasteiger partial charge in [-0.25, -0.2) is 4.98 Å². The van der Waals surface area contributed by atoms with Gasteiger partial charge < -0.3 is 19.4 Å². The molecule has 1 aromatic carbocycles. The molecular weight excluding hydrogens is 276 g/mol. The highest BCUT2D eigenvalue weighted by atomic mass is 16.6. The number of nitrogens with one attached hydrogen (secondary N) is 1. The molecule has 1 N–H and O–H groups in total. The van der Waals surface area contributed by atoms with Gasteiger partial charge in [0, 0.05) is 31.5 Å². The first-order chi connectivity index (χ1) is 10.2. The van der Waals surface area contributed by atoms with Crippen molar-refractivity contribution in [3.63, 3.8) is 0 Å². The minimum absolute atomic E-state index is 0.0571. The zero-order valence-corrected chi connectivity index (χ0v) is 11.8. The van der Waals surface area contributed by atoms with E-state index in [9.17, 15) is 10.1 Å². The second-order valence-electron chi connectivity index (χ2n) is 4.21. The van der Waals surface area contributed by atoms with Crippen LogP contribution in [0.4, 0.5) is 11.4 Å². The Bertz CT molecular complexity index is 613. The first-order valence-electron chi connectivity index (χ1n) is 6.25. The zero-order valence-electron chi connectivity index (χ0n) is 11.8. The maximum atomic E-state index is 11.1. The first-order valence-corrected chi connectivity index (χ1v) is 6.25. The highest BCUT2D eigenvalue weighted by Gasteiger charge is 2.19. The van der Waals surface area contributed by atoms with Crippen molar-refractivity contribution in [1.29, 1.82) is 0 Å². The summed E-state index contributed by atoms with van der Waals surface area (Å²) in [5.41, 5.74) is 0.330. The number of hydrogen-bond donors (Lipinski definition) is 1. The van der Waals surface area contributed by atoms with Crippen molar-refractivity contribution in [2.24, 2.45) is 0 Å². The van der Waals surface area contributed by atoms with E-state index in [0.717, 1.165) is 0 Å². The Morgan fingerprint density at radius 2 is 2.05 bits per heavy atom. The van der Waals surface area contributed by atoms with Gasteiger partial charge in [-0.15, -0.1) is 0 Å². The van der Waals surface area contributed by atoms with Gasteiger partial charge in [-0.2, -0.15) is 0 Å². The number of ether oxygens (including phenoxy) is 2. The molecule has 0 saturated heterocycles. The lowest BCUT2D eigenvalue weighted by Gasteiger charge is -2.12. The monoisotopic (exact) mass is 292 g/mol. The molecule has 0 aliphatic carbocycles. The summed E-state index contributed by atoms with van der Waals surface area (Å²) in [6, 6.07) is 2.91. The van der Waals surface area contributed by atoms with Gasteiger partial charge in [-0.1, -0.05) is 0 Å². The standard InChI is InChI=1S/C13H16N4O4/c1-20-12-7-10(11(17(18)19)8-13(12)21-2)15-4-6-16-5-3-14-9-16/h3,5,7-9,15H,4,6H2,1-2H3. The topological polar surface area (TPSA) is 91.5 Å². The summed E-state index contributed by atoms with van der Waals surface area (Å²) >= 11 is 0. The lowest BCUT2D eigenvalue weighted by molar-refractivity contribution is -0.384. The fraction of sp³-hybridized carbons (Fsp3) is 0.308. The van der Waals surface area contributed by atoms with Crippen LogP contribution in [0.1, 0.15) is 0 Å². The van der Waals surface area contributed by atoms with Crippen molar-refractivity contribution in [2.45, 2.75) is 6.54 Å². The molecule has 2 aromatic rings. The van der Waals surface area contributed by atoms with Gasteiger partial charge in [0.2, 0.25) is 0 Å². The Balaban J connectivity index is 2.17. The molecule has 1 aromatic heterocycles. The summed E-state index contributed by atoms with van der Waals surface area (Å²) in [6.45, 7) is 1.16. The van der Waals surface area contributed by atoms with Crippen molar-refractivity contribution in [2.75, 3.05) is 26.1 Å². The second-order valence-corrected chi connectivity index (χ2v) is 4.21. The van der Waals surface area contributed by atoms with Gasteiger partial charge in [0.05, 0.1) is 31.5 Å². The highest BCUT2D eigenvalue weighted by molar-refractivity contribution is 5.68. The third-order valence-corrected chi connectivity index (χ3v) is 2.94. The van der Waals surface area contributed by atoms with Crippen LogP contribution in [0.2, 0.25) is 0 Å². The molecule has 0 aliphatic heterocycles. The molecule has 0 atom stereocenters. The van der Waals surface area contributed by atoms with E-state index in [1.165, 1.54) is 20.3 Å². The molecule has 1 heterocycles. The number of nitro groups is 1. The van der Waals surface area contributed by atoms with Crippen LogP contribution in [0.3, 0.4) is 0 Å². The lowest BCUT2D eigenvalue weighted by atomic mass is 10.2. The molecule has 0 bridgehead atoms. The normalized spacial score (nSPS) is 10.2. The smallest absolute Gasteiger partial charge is 0.296 e. The van der Waals surface area contributed by atoms with Crippen LogP contribution in [0, 0.1) is 10.1 Å². The Hall–Kier alpha value is -2.77. The molecule has 0 unspecified atom stereocenters. The highest BCUT2D eigenvalue weighted by Crippen LogP contribution is 2.37. The Labute approximate surface area is 121 Å². The van der Waals surface area contributed by atoms with Crippen LogP contribution < -0.4 is 14.8 Å². The lowest BCUT2D eigenvalue weighted by Crippen LogP contribution is -2.10. The second kappa shape index (κ2) is 6.60. The van der Waals surface area contributed by atoms with Crippen LogP contribution >= 0.6 is 0 Å². The maximum Gasteiger partial charge on any atom is 0.296 e. The van der Waals surface area contributed by atoms with Gasteiger partial charge >= 0.3 is 0 Å². The van der Waals surface area contributed by atoms with E-state index < -0.39 is 4.92 Å². The van der Waals surface area contributed by atoms with Crippen molar-refractivity contribution in [3.8, 4) is 11.5 Å². The van der Waals surface area contributed by atoms with Crippen molar-refractivity contribution >= 4 is 11.4 Å². The number of nitrogens with zero attached hydrogens (tertiary/aromatic N) is 3. The molecule has 0 amide bonds. The molecule has 0 radical (unpaired) electrons. The minimum Gasteiger partial charge on any atom is -0.493 e. The predicted octanol–water partition coefficient (Wildman–Crippen LogP) is 1.92. The predicted molar refractivity (Wildman–Crippen MR) is 76.9 cm³/mol. The van der Waals surface area contributed by atoms with E-state index in [2.05, 4.69) is 10.3 Å². The molecule has 0 spiro atoms. The fourth-order valence-corrected chi connectivity index (χ4v) is 1.90. The molecule has 0 fully saturated rings. The average Bonchev–Trinajstić information content (AvgIpc) is 2.99. The number of anilines is 1. The van der Waals surface area contributed by atoms with E-state index in [1.807, 2.05) is 10.8 Å². The van der Waals surface area contributed by atoms with Gasteiger partial charge in [0.15, 0.2) is 11.5 Å². The molecule has 0 aliphatic rings. The van der Waals surface area contributed by atoms with E-state index in [0.29, 0.717) is 30.3 Å². The van der Waals surface area contributed by atoms with Crippen LogP contribution in [0.5, 0.6) is 11.5 Å². The van der Waals surface area contributed by atoms with Crippen LogP contribution in [0.25, 0.3) is 0 Å². The maximum absolute atomic E-state index is 11.1. The molecule has 2 rings (SSSR count). The number of methoxy groups -OCH3 is 2. The molecule has 112 valence electrons. The molecule has 0 saturated carbocycles. The van der Waals surface area contributed by atoms with E-state index in [-0.39, 0.29) is 5.69 Å². The number of nitro benzene ring substituents is 1. The summed E-state index contributed by atoms with van der Waals surface area (Å²) in [6.07, 6.45) is 5.19. The quantitative estimate of drug-likeness (QED) is 0.619. The number of hydrogen-bond acceptors (Lipinski definition) is 6. The average molecular weight is 292 g/mol. The third-order valence-electron chi connectivity index (χ3n) is 2.94. The fourth-order valence-electron chi connectivity index (χ4n) is 1.90. The third kappa shape index (κ3) is 3.41. The van der Waals surface area contributed by atoms with E-state index in [4.69, 9.17) is 9.47 Å². The van der Waals surface area contributed by atoms with Crippen molar-refractivity contribution in [3.05, 3.63) is 41.0 Å². The first kappa shape index (κ1) is 14.6. The summed E-state index contributed by atoms with van der Waals surface area (Å²) < 4.78 is 12.1. The van der Waals surface area contributed by atoms with Crippen LogP contribution in [-0.4, -0.2) is 35.2 Å². The number of aromatic nitrogens is 2. The number of benzene rings is 1. The Morgan fingerprint density at radius 1 is 1.33 bits per heavy atom. The van der Waals surface area contributed by atoms with Crippen LogP contribution in [0.15, 0.2) is 30.9 Å². The Kier molecular flexibility index (Phi) is 4.60. The van der Waals surface area contributed by atoms with E-state index >= 15 is 0 Å².